The summed E-state index contributed by atoms with van der Waals surface area (Å²) in [6, 6.07) is 4.68. The topological polar surface area (TPSA) is 34.0 Å². The van der Waals surface area contributed by atoms with Crippen molar-refractivity contribution in [3.63, 3.8) is 0 Å². The van der Waals surface area contributed by atoms with Crippen LogP contribution in [0.4, 0.5) is 0 Å². The summed E-state index contributed by atoms with van der Waals surface area (Å²) in [5.74, 6) is 1.79. The molecule has 0 radical (unpaired) electrons. The molecule has 1 atom stereocenters. The monoisotopic (exact) mass is 272 g/mol. The van der Waals surface area contributed by atoms with Crippen LogP contribution in [0.15, 0.2) is 18.3 Å². The number of imidazole rings is 1. The van der Waals surface area contributed by atoms with Crippen LogP contribution in [0.2, 0.25) is 0 Å². The Morgan fingerprint density at radius 3 is 2.95 bits per heavy atom. The molecule has 1 fully saturated rings. The molecule has 0 amide bonds. The molecule has 1 aliphatic heterocycles. The lowest BCUT2D eigenvalue weighted by Gasteiger charge is -2.20. The first kappa shape index (κ1) is 13.6. The average Bonchev–Trinajstić information content (AvgIpc) is 3.04. The van der Waals surface area contributed by atoms with Gasteiger partial charge in [-0.25, -0.2) is 9.97 Å². The van der Waals surface area contributed by atoms with Gasteiger partial charge in [0.15, 0.2) is 5.65 Å². The predicted molar refractivity (Wildman–Crippen MR) is 81.9 cm³/mol. The van der Waals surface area contributed by atoms with E-state index in [9.17, 15) is 0 Å². The van der Waals surface area contributed by atoms with E-state index in [0.29, 0.717) is 12.0 Å². The van der Waals surface area contributed by atoms with E-state index in [1.54, 1.807) is 0 Å². The Morgan fingerprint density at radius 2 is 2.25 bits per heavy atom. The largest absolute Gasteiger partial charge is 0.312 e. The van der Waals surface area contributed by atoms with Gasteiger partial charge < -0.3 is 9.47 Å². The number of aryl methyl sites for hydroxylation is 1. The molecule has 108 valence electrons. The lowest BCUT2D eigenvalue weighted by molar-refractivity contribution is 0.271. The Labute approximate surface area is 120 Å². The number of hydrogen-bond acceptors (Lipinski definition) is 3. The van der Waals surface area contributed by atoms with E-state index in [2.05, 4.69) is 41.3 Å². The molecule has 0 bridgehead atoms. The van der Waals surface area contributed by atoms with Crippen molar-refractivity contribution in [2.45, 2.75) is 52.1 Å². The number of hydrogen-bond donors (Lipinski definition) is 0. The van der Waals surface area contributed by atoms with Gasteiger partial charge in [0.05, 0.1) is 0 Å². The van der Waals surface area contributed by atoms with Crippen molar-refractivity contribution in [2.75, 3.05) is 13.1 Å². The standard InChI is InChI=1S/C16H24N4/c1-4-9-20-15(13-7-10-19(11-13)12(2)3)18-14-6-5-8-17-16(14)20/h5-6,8,12-13H,4,7,9-11H2,1-3H3. The molecule has 4 heteroatoms. The van der Waals surface area contributed by atoms with Crippen molar-refractivity contribution in [1.82, 2.24) is 19.4 Å². The van der Waals surface area contributed by atoms with Crippen LogP contribution in [0.3, 0.4) is 0 Å². The molecule has 3 heterocycles. The average molecular weight is 272 g/mol. The number of rotatable bonds is 4. The minimum atomic E-state index is 0.554. The summed E-state index contributed by atoms with van der Waals surface area (Å²) >= 11 is 0. The Bertz CT molecular complexity index is 587. The summed E-state index contributed by atoms with van der Waals surface area (Å²) in [4.78, 5) is 12.0. The molecule has 1 saturated heterocycles. The normalized spacial score (nSPS) is 20.3. The van der Waals surface area contributed by atoms with Crippen LogP contribution in [0.25, 0.3) is 11.2 Å². The van der Waals surface area contributed by atoms with Gasteiger partial charge in [0, 0.05) is 31.2 Å². The zero-order valence-corrected chi connectivity index (χ0v) is 12.7. The van der Waals surface area contributed by atoms with Crippen LogP contribution in [-0.2, 0) is 6.54 Å². The Kier molecular flexibility index (Phi) is 3.74. The molecule has 1 aliphatic rings. The van der Waals surface area contributed by atoms with Gasteiger partial charge in [0.2, 0.25) is 0 Å². The number of nitrogens with zero attached hydrogens (tertiary/aromatic N) is 4. The minimum absolute atomic E-state index is 0.554. The zero-order valence-electron chi connectivity index (χ0n) is 12.7. The molecule has 20 heavy (non-hydrogen) atoms. The maximum atomic E-state index is 4.88. The van der Waals surface area contributed by atoms with Gasteiger partial charge in [-0.1, -0.05) is 6.92 Å². The molecule has 2 aromatic rings. The molecule has 0 aliphatic carbocycles. The van der Waals surface area contributed by atoms with E-state index in [1.807, 2.05) is 12.3 Å². The highest BCUT2D eigenvalue weighted by atomic mass is 15.2. The summed E-state index contributed by atoms with van der Waals surface area (Å²) in [5, 5.41) is 0. The van der Waals surface area contributed by atoms with Crippen LogP contribution >= 0.6 is 0 Å². The van der Waals surface area contributed by atoms with E-state index in [0.717, 1.165) is 30.7 Å². The second-order valence-corrected chi connectivity index (χ2v) is 6.04. The van der Waals surface area contributed by atoms with Gasteiger partial charge in [-0.15, -0.1) is 0 Å². The highest BCUT2D eigenvalue weighted by Gasteiger charge is 2.29. The summed E-state index contributed by atoms with van der Waals surface area (Å²) in [6.45, 7) is 10.1. The van der Waals surface area contributed by atoms with E-state index in [4.69, 9.17) is 4.98 Å². The van der Waals surface area contributed by atoms with Crippen molar-refractivity contribution in [2.24, 2.45) is 0 Å². The third-order valence-corrected chi connectivity index (χ3v) is 4.30. The van der Waals surface area contributed by atoms with Crippen LogP contribution in [-0.4, -0.2) is 38.6 Å². The highest BCUT2D eigenvalue weighted by molar-refractivity contribution is 5.71. The third kappa shape index (κ3) is 2.33. The van der Waals surface area contributed by atoms with Crippen molar-refractivity contribution in [1.29, 1.82) is 0 Å². The fraction of sp³-hybridized carbons (Fsp3) is 0.625. The van der Waals surface area contributed by atoms with Gasteiger partial charge in [0.25, 0.3) is 0 Å². The van der Waals surface area contributed by atoms with Crippen LogP contribution in [0.1, 0.15) is 45.4 Å². The summed E-state index contributed by atoms with van der Waals surface area (Å²) < 4.78 is 2.34. The first-order valence-corrected chi connectivity index (χ1v) is 7.76. The Balaban J connectivity index is 1.96. The molecule has 4 nitrogen and oxygen atoms in total. The lowest BCUT2D eigenvalue weighted by Crippen LogP contribution is -2.28. The van der Waals surface area contributed by atoms with Crippen molar-refractivity contribution in [3.8, 4) is 0 Å². The molecular formula is C16H24N4. The Hall–Kier alpha value is -1.42. The molecular weight excluding hydrogens is 248 g/mol. The van der Waals surface area contributed by atoms with Crippen molar-refractivity contribution < 1.29 is 0 Å². The molecule has 0 spiro atoms. The molecule has 0 N–H and O–H groups in total. The summed E-state index contributed by atoms with van der Waals surface area (Å²) in [5.41, 5.74) is 2.09. The maximum Gasteiger partial charge on any atom is 0.159 e. The zero-order chi connectivity index (χ0) is 14.1. The third-order valence-electron chi connectivity index (χ3n) is 4.30. The van der Waals surface area contributed by atoms with Crippen molar-refractivity contribution in [3.05, 3.63) is 24.2 Å². The first-order valence-electron chi connectivity index (χ1n) is 7.76. The maximum absolute atomic E-state index is 4.88. The molecule has 1 unspecified atom stereocenters. The van der Waals surface area contributed by atoms with Gasteiger partial charge in [-0.05, 0) is 45.4 Å². The second kappa shape index (κ2) is 5.52. The quantitative estimate of drug-likeness (QED) is 0.858. The highest BCUT2D eigenvalue weighted by Crippen LogP contribution is 2.30. The fourth-order valence-corrected chi connectivity index (χ4v) is 3.20. The van der Waals surface area contributed by atoms with Gasteiger partial charge in [-0.3, -0.25) is 0 Å². The Morgan fingerprint density at radius 1 is 1.40 bits per heavy atom. The fourth-order valence-electron chi connectivity index (χ4n) is 3.20. The lowest BCUT2D eigenvalue weighted by atomic mass is 10.1. The smallest absolute Gasteiger partial charge is 0.159 e. The summed E-state index contributed by atoms with van der Waals surface area (Å²) in [7, 11) is 0. The van der Waals surface area contributed by atoms with E-state index >= 15 is 0 Å². The second-order valence-electron chi connectivity index (χ2n) is 6.04. The minimum Gasteiger partial charge on any atom is -0.312 e. The number of likely N-dealkylation sites (tertiary alicyclic amines) is 1. The number of fused-ring (bicyclic) bond motifs is 1. The van der Waals surface area contributed by atoms with Gasteiger partial charge in [0.1, 0.15) is 11.3 Å². The molecule has 0 aromatic carbocycles. The van der Waals surface area contributed by atoms with Crippen LogP contribution in [0.5, 0.6) is 0 Å². The first-order chi connectivity index (χ1) is 9.70. The van der Waals surface area contributed by atoms with Gasteiger partial charge in [-0.2, -0.15) is 0 Å². The van der Waals surface area contributed by atoms with E-state index in [-0.39, 0.29) is 0 Å². The molecule has 0 saturated carbocycles. The van der Waals surface area contributed by atoms with Crippen LogP contribution < -0.4 is 0 Å². The van der Waals surface area contributed by atoms with Crippen LogP contribution in [0, 0.1) is 0 Å². The molecule has 3 rings (SSSR count). The molecule has 2 aromatic heterocycles. The summed E-state index contributed by atoms with van der Waals surface area (Å²) in [6.07, 6.45) is 4.20. The van der Waals surface area contributed by atoms with E-state index in [1.165, 1.54) is 18.8 Å². The SMILES string of the molecule is CCCn1c(C2CCN(C(C)C)C2)nc2cccnc21. The van der Waals surface area contributed by atoms with Gasteiger partial charge >= 0.3 is 0 Å². The van der Waals surface area contributed by atoms with E-state index < -0.39 is 0 Å². The number of pyridine rings is 1. The van der Waals surface area contributed by atoms with Crippen molar-refractivity contribution >= 4 is 11.2 Å². The number of aromatic nitrogens is 3. The predicted octanol–water partition coefficient (Wildman–Crippen LogP) is 3.04.